The summed E-state index contributed by atoms with van der Waals surface area (Å²) in [5, 5.41) is 31.8. The predicted octanol–water partition coefficient (Wildman–Crippen LogP) is 0.694. The maximum atomic E-state index is 10.7. The second kappa shape index (κ2) is 6.74. The second-order valence-corrected chi connectivity index (χ2v) is 4.86. The van der Waals surface area contributed by atoms with E-state index in [1.807, 2.05) is 0 Å². The summed E-state index contributed by atoms with van der Waals surface area (Å²) in [5.41, 5.74) is 0.361. The van der Waals surface area contributed by atoms with Gasteiger partial charge in [0.25, 0.3) is 0 Å². The van der Waals surface area contributed by atoms with Gasteiger partial charge >= 0.3 is 0 Å². The number of halogens is 1. The molecule has 0 spiro atoms. The van der Waals surface area contributed by atoms with E-state index in [0.29, 0.717) is 10.0 Å². The smallest absolute Gasteiger partial charge is 0.216 e. The first-order valence-electron chi connectivity index (χ1n) is 5.53. The van der Waals surface area contributed by atoms with Gasteiger partial charge < -0.3 is 25.4 Å². The first kappa shape index (κ1) is 15.7. The highest BCUT2D eigenvalue weighted by atomic mass is 79.9. The van der Waals surface area contributed by atoms with Gasteiger partial charge in [-0.3, -0.25) is 4.79 Å². The van der Waals surface area contributed by atoms with Gasteiger partial charge in [-0.1, -0.05) is 0 Å². The molecule has 1 amide bonds. The molecule has 0 radical (unpaired) electrons. The number of benzene rings is 1. The van der Waals surface area contributed by atoms with Crippen molar-refractivity contribution in [3.63, 3.8) is 0 Å². The summed E-state index contributed by atoms with van der Waals surface area (Å²) in [7, 11) is 1.38. The highest BCUT2D eigenvalue weighted by Crippen LogP contribution is 2.37. The van der Waals surface area contributed by atoms with Crippen molar-refractivity contribution in [2.24, 2.45) is 0 Å². The van der Waals surface area contributed by atoms with Crippen molar-refractivity contribution in [1.82, 2.24) is 5.32 Å². The SMILES string of the molecule is COc1cc(C(O)C(O)CNC(C)=O)cc(Br)c1O. The van der Waals surface area contributed by atoms with E-state index in [2.05, 4.69) is 21.2 Å². The van der Waals surface area contributed by atoms with Crippen LogP contribution >= 0.6 is 15.9 Å². The molecule has 0 heterocycles. The predicted molar refractivity (Wildman–Crippen MR) is 72.0 cm³/mol. The molecule has 7 heteroatoms. The molecular weight excluding hydrogens is 318 g/mol. The first-order chi connectivity index (χ1) is 8.86. The highest BCUT2D eigenvalue weighted by molar-refractivity contribution is 9.10. The number of amides is 1. The third-order valence-corrected chi connectivity index (χ3v) is 3.14. The van der Waals surface area contributed by atoms with Crippen molar-refractivity contribution in [3.05, 3.63) is 22.2 Å². The Kier molecular flexibility index (Phi) is 5.59. The third kappa shape index (κ3) is 4.09. The molecule has 0 fully saturated rings. The van der Waals surface area contributed by atoms with E-state index in [1.54, 1.807) is 0 Å². The number of methoxy groups -OCH3 is 1. The van der Waals surface area contributed by atoms with Crippen molar-refractivity contribution in [2.75, 3.05) is 13.7 Å². The summed E-state index contributed by atoms with van der Waals surface area (Å²) in [4.78, 5) is 10.7. The first-order valence-corrected chi connectivity index (χ1v) is 6.33. The van der Waals surface area contributed by atoms with Crippen LogP contribution in [0.3, 0.4) is 0 Å². The molecule has 1 aromatic carbocycles. The molecular formula is C12H16BrNO5. The van der Waals surface area contributed by atoms with Crippen LogP contribution in [-0.4, -0.2) is 41.0 Å². The van der Waals surface area contributed by atoms with E-state index in [9.17, 15) is 20.1 Å². The third-order valence-electron chi connectivity index (χ3n) is 2.54. The Labute approximate surface area is 119 Å². The number of hydrogen-bond donors (Lipinski definition) is 4. The lowest BCUT2D eigenvalue weighted by atomic mass is 10.0. The molecule has 0 aromatic heterocycles. The Morgan fingerprint density at radius 2 is 2.11 bits per heavy atom. The molecule has 6 nitrogen and oxygen atoms in total. The quantitative estimate of drug-likeness (QED) is 0.635. The summed E-state index contributed by atoms with van der Waals surface area (Å²) in [6.07, 6.45) is -2.37. The van der Waals surface area contributed by atoms with E-state index in [1.165, 1.54) is 26.2 Å². The van der Waals surface area contributed by atoms with Gasteiger partial charge in [-0.2, -0.15) is 0 Å². The number of aromatic hydroxyl groups is 1. The topological polar surface area (TPSA) is 99.0 Å². The van der Waals surface area contributed by atoms with E-state index in [4.69, 9.17) is 4.74 Å². The van der Waals surface area contributed by atoms with Crippen LogP contribution in [0.4, 0.5) is 0 Å². The minimum Gasteiger partial charge on any atom is -0.503 e. The molecule has 2 atom stereocenters. The zero-order valence-electron chi connectivity index (χ0n) is 10.6. The molecule has 106 valence electrons. The number of aliphatic hydroxyl groups excluding tert-OH is 2. The van der Waals surface area contributed by atoms with E-state index in [0.717, 1.165) is 0 Å². The molecule has 0 aliphatic carbocycles. The van der Waals surface area contributed by atoms with Crippen LogP contribution in [-0.2, 0) is 4.79 Å². The van der Waals surface area contributed by atoms with Gasteiger partial charge in [-0.05, 0) is 33.6 Å². The number of phenolic OH excluding ortho intramolecular Hbond substituents is 1. The highest BCUT2D eigenvalue weighted by Gasteiger charge is 2.21. The van der Waals surface area contributed by atoms with E-state index < -0.39 is 12.2 Å². The number of aliphatic hydroxyl groups is 2. The average Bonchev–Trinajstić information content (AvgIpc) is 2.37. The molecule has 4 N–H and O–H groups in total. The Balaban J connectivity index is 2.90. The van der Waals surface area contributed by atoms with Gasteiger partial charge in [0.15, 0.2) is 11.5 Å². The summed E-state index contributed by atoms with van der Waals surface area (Å²) in [6, 6.07) is 2.89. The molecule has 19 heavy (non-hydrogen) atoms. The number of carbonyl (C=O) groups is 1. The van der Waals surface area contributed by atoms with Crippen molar-refractivity contribution in [1.29, 1.82) is 0 Å². The van der Waals surface area contributed by atoms with Crippen molar-refractivity contribution < 1.29 is 24.9 Å². The van der Waals surface area contributed by atoms with Crippen LogP contribution < -0.4 is 10.1 Å². The average molecular weight is 334 g/mol. The van der Waals surface area contributed by atoms with Gasteiger partial charge in [0.2, 0.25) is 5.91 Å². The molecule has 1 aromatic rings. The molecule has 1 rings (SSSR count). The summed E-state index contributed by atoms with van der Waals surface area (Å²) < 4.78 is 5.29. The molecule has 0 aliphatic heterocycles. The number of carbonyl (C=O) groups excluding carboxylic acids is 1. The fraction of sp³-hybridized carbons (Fsp3) is 0.417. The van der Waals surface area contributed by atoms with E-state index >= 15 is 0 Å². The van der Waals surface area contributed by atoms with Gasteiger partial charge in [-0.25, -0.2) is 0 Å². The summed E-state index contributed by atoms with van der Waals surface area (Å²) in [6.45, 7) is 1.25. The lowest BCUT2D eigenvalue weighted by Crippen LogP contribution is -2.34. The number of phenols is 1. The Morgan fingerprint density at radius 1 is 1.47 bits per heavy atom. The van der Waals surface area contributed by atoms with Crippen LogP contribution in [0, 0.1) is 0 Å². The fourth-order valence-corrected chi connectivity index (χ4v) is 1.96. The maximum Gasteiger partial charge on any atom is 0.216 e. The maximum absolute atomic E-state index is 10.7. The molecule has 0 bridgehead atoms. The zero-order chi connectivity index (χ0) is 14.6. The zero-order valence-corrected chi connectivity index (χ0v) is 12.1. The Bertz CT molecular complexity index is 466. The lowest BCUT2D eigenvalue weighted by molar-refractivity contribution is -0.119. The van der Waals surface area contributed by atoms with E-state index in [-0.39, 0.29) is 24.0 Å². The van der Waals surface area contributed by atoms with Gasteiger partial charge in [0, 0.05) is 13.5 Å². The van der Waals surface area contributed by atoms with Crippen LogP contribution in [0.1, 0.15) is 18.6 Å². The van der Waals surface area contributed by atoms with Gasteiger partial charge in [-0.15, -0.1) is 0 Å². The van der Waals surface area contributed by atoms with Crippen molar-refractivity contribution in [2.45, 2.75) is 19.1 Å². The molecule has 0 saturated heterocycles. The lowest BCUT2D eigenvalue weighted by Gasteiger charge is -2.19. The minimum atomic E-state index is -1.21. The number of nitrogens with one attached hydrogen (secondary N) is 1. The number of rotatable bonds is 5. The number of hydrogen-bond acceptors (Lipinski definition) is 5. The molecule has 2 unspecified atom stereocenters. The minimum absolute atomic E-state index is 0.0721. The van der Waals surface area contributed by atoms with Gasteiger partial charge in [0.05, 0.1) is 11.6 Å². The largest absolute Gasteiger partial charge is 0.503 e. The normalized spacial score (nSPS) is 13.7. The standard InChI is InChI=1S/C12H16BrNO5/c1-6(15)14-5-9(16)11(17)7-3-8(13)12(18)10(4-7)19-2/h3-4,9,11,16-18H,5H2,1-2H3,(H,14,15). The van der Waals surface area contributed by atoms with Gasteiger partial charge in [0.1, 0.15) is 12.2 Å². The van der Waals surface area contributed by atoms with Crippen LogP contribution in [0.15, 0.2) is 16.6 Å². The Morgan fingerprint density at radius 3 is 2.63 bits per heavy atom. The summed E-state index contributed by atoms with van der Waals surface area (Å²) in [5.74, 6) is -0.208. The van der Waals surface area contributed by atoms with Crippen LogP contribution in [0.25, 0.3) is 0 Å². The monoisotopic (exact) mass is 333 g/mol. The van der Waals surface area contributed by atoms with Crippen molar-refractivity contribution in [3.8, 4) is 11.5 Å². The second-order valence-electron chi connectivity index (χ2n) is 4.00. The van der Waals surface area contributed by atoms with Crippen molar-refractivity contribution >= 4 is 21.8 Å². The fourth-order valence-electron chi connectivity index (χ4n) is 1.50. The van der Waals surface area contributed by atoms with Crippen LogP contribution in [0.2, 0.25) is 0 Å². The molecule has 0 aliphatic rings. The number of ether oxygens (including phenoxy) is 1. The molecule has 0 saturated carbocycles. The Hall–Kier alpha value is -1.31. The van der Waals surface area contributed by atoms with Crippen LogP contribution in [0.5, 0.6) is 11.5 Å². The summed E-state index contributed by atoms with van der Waals surface area (Å²) >= 11 is 3.12.